The molecule has 1 nitrogen and oxygen atoms in total. The van der Waals surface area contributed by atoms with Crippen molar-refractivity contribution in [1.29, 1.82) is 0 Å². The number of aliphatic hydroxyl groups excluding tert-OH is 1. The van der Waals surface area contributed by atoms with E-state index in [9.17, 15) is 4.39 Å². The molecule has 0 saturated carbocycles. The molecule has 0 aliphatic heterocycles. The van der Waals surface area contributed by atoms with E-state index >= 15 is 0 Å². The van der Waals surface area contributed by atoms with Gasteiger partial charge in [-0.15, -0.1) is 0 Å². The fraction of sp³-hybridized carbons (Fsp3) is 0.200. The quantitative estimate of drug-likeness (QED) is 0.571. The maximum Gasteiger partial charge on any atom is 0.164 e. The highest BCUT2D eigenvalue weighted by atomic mass is 19.1. The predicted octanol–water partition coefficient (Wildman–Crippen LogP) is 4.80. The maximum atomic E-state index is 13.4. The predicted molar refractivity (Wildman–Crippen MR) is 70.3 cm³/mol. The number of unbranched alkanes of at least 4 members (excludes halogenated alkanes) is 1. The van der Waals surface area contributed by atoms with Crippen LogP contribution in [-0.4, -0.2) is 5.11 Å². The van der Waals surface area contributed by atoms with Crippen molar-refractivity contribution in [2.75, 3.05) is 0 Å². The van der Waals surface area contributed by atoms with Gasteiger partial charge in [0.25, 0.3) is 0 Å². The van der Waals surface area contributed by atoms with Crippen molar-refractivity contribution in [2.24, 2.45) is 0 Å². The van der Waals surface area contributed by atoms with Gasteiger partial charge < -0.3 is 5.11 Å². The molecule has 0 unspecified atom stereocenters. The molecular weight excluding hydrogens is 215 g/mol. The van der Waals surface area contributed by atoms with Crippen molar-refractivity contribution in [3.05, 3.63) is 66.2 Å². The van der Waals surface area contributed by atoms with Gasteiger partial charge in [-0.2, -0.15) is 0 Å². The van der Waals surface area contributed by atoms with Crippen molar-refractivity contribution in [2.45, 2.75) is 19.8 Å². The first-order valence-electron chi connectivity index (χ1n) is 5.66. The number of hydrogen-bond donors (Lipinski definition) is 1. The lowest BCUT2D eigenvalue weighted by Crippen LogP contribution is -1.85. The van der Waals surface area contributed by atoms with Gasteiger partial charge in [-0.3, -0.25) is 0 Å². The van der Waals surface area contributed by atoms with E-state index in [1.54, 1.807) is 0 Å². The van der Waals surface area contributed by atoms with E-state index in [0.717, 1.165) is 24.0 Å². The van der Waals surface area contributed by atoms with Crippen molar-refractivity contribution in [3.63, 3.8) is 0 Å². The molecule has 0 radical (unpaired) electrons. The first kappa shape index (κ1) is 13.2. The summed E-state index contributed by atoms with van der Waals surface area (Å²) in [4.78, 5) is 0. The van der Waals surface area contributed by atoms with Crippen LogP contribution in [0.2, 0.25) is 0 Å². The smallest absolute Gasteiger partial charge is 0.164 e. The van der Waals surface area contributed by atoms with Crippen LogP contribution >= 0.6 is 0 Å². The van der Waals surface area contributed by atoms with E-state index < -0.39 is 11.6 Å². The number of halogens is 1. The summed E-state index contributed by atoms with van der Waals surface area (Å²) in [5, 5.41) is 8.98. The summed E-state index contributed by atoms with van der Waals surface area (Å²) in [7, 11) is 0. The van der Waals surface area contributed by atoms with Gasteiger partial charge in [0.1, 0.15) is 5.76 Å². The highest BCUT2D eigenvalue weighted by Gasteiger charge is 2.03. The fourth-order valence-corrected chi connectivity index (χ4v) is 1.41. The minimum Gasteiger partial charge on any atom is -0.506 e. The molecule has 2 heteroatoms. The molecule has 0 atom stereocenters. The fourth-order valence-electron chi connectivity index (χ4n) is 1.41. The second-order valence-corrected chi connectivity index (χ2v) is 3.75. The number of allylic oxidation sites excluding steroid dienone is 4. The van der Waals surface area contributed by atoms with Crippen LogP contribution in [0, 0.1) is 0 Å². The number of rotatable bonds is 5. The lowest BCUT2D eigenvalue weighted by Gasteiger charge is -2.03. The molecule has 90 valence electrons. The van der Waals surface area contributed by atoms with E-state index in [4.69, 9.17) is 5.11 Å². The normalized spacial score (nSPS) is 12.6. The minimum absolute atomic E-state index is 0.539. The van der Waals surface area contributed by atoms with Gasteiger partial charge in [-0.25, -0.2) is 4.39 Å². The Labute approximate surface area is 102 Å². The highest BCUT2D eigenvalue weighted by Crippen LogP contribution is 2.20. The summed E-state index contributed by atoms with van der Waals surface area (Å²) < 4.78 is 13.4. The number of benzene rings is 1. The molecule has 0 aliphatic carbocycles. The SMILES string of the molecule is C=C(O)/C(F)=C\C(=C/CCC)c1ccccc1. The first-order valence-corrected chi connectivity index (χ1v) is 5.66. The molecule has 1 aromatic rings. The zero-order valence-electron chi connectivity index (χ0n) is 9.99. The Morgan fingerprint density at radius 2 is 2.00 bits per heavy atom. The topological polar surface area (TPSA) is 20.2 Å². The molecule has 0 saturated heterocycles. The summed E-state index contributed by atoms with van der Waals surface area (Å²) >= 11 is 0. The van der Waals surface area contributed by atoms with E-state index in [1.165, 1.54) is 6.08 Å². The zero-order chi connectivity index (χ0) is 12.7. The van der Waals surface area contributed by atoms with E-state index in [2.05, 4.69) is 13.5 Å². The van der Waals surface area contributed by atoms with Crippen molar-refractivity contribution in [3.8, 4) is 0 Å². The second kappa shape index (κ2) is 6.69. The third-order valence-corrected chi connectivity index (χ3v) is 2.32. The van der Waals surface area contributed by atoms with Crippen molar-refractivity contribution < 1.29 is 9.50 Å². The van der Waals surface area contributed by atoms with Crippen molar-refractivity contribution in [1.82, 2.24) is 0 Å². The second-order valence-electron chi connectivity index (χ2n) is 3.75. The average molecular weight is 232 g/mol. The summed E-state index contributed by atoms with van der Waals surface area (Å²) in [6.45, 7) is 5.23. The molecule has 0 amide bonds. The van der Waals surface area contributed by atoms with Crippen LogP contribution in [0.1, 0.15) is 25.3 Å². The molecule has 0 aromatic heterocycles. The lowest BCUT2D eigenvalue weighted by molar-refractivity contribution is 0.392. The van der Waals surface area contributed by atoms with Crippen LogP contribution in [0.3, 0.4) is 0 Å². The Morgan fingerprint density at radius 3 is 2.53 bits per heavy atom. The van der Waals surface area contributed by atoms with Gasteiger partial charge in [0.15, 0.2) is 5.83 Å². The molecule has 17 heavy (non-hydrogen) atoms. The molecule has 1 rings (SSSR count). The number of aliphatic hydroxyl groups is 1. The lowest BCUT2D eigenvalue weighted by atomic mass is 10.0. The standard InChI is InChI=1S/C15H17FO/c1-3-4-8-14(11-15(16)12(2)17)13-9-6-5-7-10-13/h5-11,17H,2-4H2,1H3/b14-8+,15-11+. The highest BCUT2D eigenvalue weighted by molar-refractivity contribution is 5.74. The molecule has 1 N–H and O–H groups in total. The average Bonchev–Trinajstić information content (AvgIpc) is 2.35. The Bertz CT molecular complexity index is 429. The Balaban J connectivity index is 3.06. The van der Waals surface area contributed by atoms with Crippen LogP contribution in [-0.2, 0) is 0 Å². The largest absolute Gasteiger partial charge is 0.506 e. The van der Waals surface area contributed by atoms with E-state index in [1.807, 2.05) is 36.4 Å². The molecular formula is C15H17FO. The van der Waals surface area contributed by atoms with Gasteiger partial charge in [-0.1, -0.05) is 56.3 Å². The van der Waals surface area contributed by atoms with Crippen LogP contribution in [0.25, 0.3) is 5.57 Å². The van der Waals surface area contributed by atoms with Crippen LogP contribution in [0.4, 0.5) is 4.39 Å². The van der Waals surface area contributed by atoms with E-state index in [-0.39, 0.29) is 0 Å². The summed E-state index contributed by atoms with van der Waals surface area (Å²) in [5.74, 6) is -1.24. The summed E-state index contributed by atoms with van der Waals surface area (Å²) in [5.41, 5.74) is 1.69. The minimum atomic E-state index is -0.698. The first-order chi connectivity index (χ1) is 8.15. The van der Waals surface area contributed by atoms with Crippen LogP contribution in [0.15, 0.2) is 60.6 Å². The molecule has 1 aromatic carbocycles. The Kier molecular flexibility index (Phi) is 5.21. The summed E-state index contributed by atoms with van der Waals surface area (Å²) in [6, 6.07) is 9.52. The molecule has 0 bridgehead atoms. The number of hydrogen-bond acceptors (Lipinski definition) is 1. The zero-order valence-corrected chi connectivity index (χ0v) is 9.99. The molecule has 0 heterocycles. The van der Waals surface area contributed by atoms with Gasteiger partial charge in [0, 0.05) is 0 Å². The van der Waals surface area contributed by atoms with Gasteiger partial charge >= 0.3 is 0 Å². The molecule has 0 spiro atoms. The molecule has 0 fully saturated rings. The Morgan fingerprint density at radius 1 is 1.35 bits per heavy atom. The summed E-state index contributed by atoms with van der Waals surface area (Å²) in [6.07, 6.45) is 5.13. The van der Waals surface area contributed by atoms with E-state index in [0.29, 0.717) is 0 Å². The third kappa shape index (κ3) is 4.27. The van der Waals surface area contributed by atoms with Crippen molar-refractivity contribution >= 4 is 5.57 Å². The monoisotopic (exact) mass is 232 g/mol. The van der Waals surface area contributed by atoms with Crippen LogP contribution in [0.5, 0.6) is 0 Å². The van der Waals surface area contributed by atoms with Gasteiger partial charge in [0.05, 0.1) is 0 Å². The maximum absolute atomic E-state index is 13.4. The molecule has 0 aliphatic rings. The van der Waals surface area contributed by atoms with Gasteiger partial charge in [0.2, 0.25) is 0 Å². The van der Waals surface area contributed by atoms with Gasteiger partial charge in [-0.05, 0) is 23.6 Å². The van der Waals surface area contributed by atoms with Crippen LogP contribution < -0.4 is 0 Å². The third-order valence-electron chi connectivity index (χ3n) is 2.32. The Hall–Kier alpha value is -1.83.